The molecule has 0 spiro atoms. The van der Waals surface area contributed by atoms with Crippen LogP contribution in [0.15, 0.2) is 54.7 Å². The van der Waals surface area contributed by atoms with Gasteiger partial charge in [-0.2, -0.15) is 0 Å². The molecule has 1 saturated heterocycles. The Bertz CT molecular complexity index is 1100. The van der Waals surface area contributed by atoms with Crippen LogP contribution in [-0.2, 0) is 9.59 Å². The van der Waals surface area contributed by atoms with Crippen molar-refractivity contribution in [3.05, 3.63) is 65.9 Å². The second-order valence-electron chi connectivity index (χ2n) is 9.11. The van der Waals surface area contributed by atoms with E-state index in [4.69, 9.17) is 4.74 Å². The van der Waals surface area contributed by atoms with Crippen LogP contribution < -0.4 is 10.1 Å². The number of aromatic nitrogens is 1. The van der Waals surface area contributed by atoms with Crippen molar-refractivity contribution in [1.82, 2.24) is 15.2 Å². The van der Waals surface area contributed by atoms with E-state index in [1.807, 2.05) is 49.2 Å². The van der Waals surface area contributed by atoms with Crippen molar-refractivity contribution in [3.63, 3.8) is 0 Å². The Kier molecular flexibility index (Phi) is 7.02. The minimum absolute atomic E-state index is 0.00296. The van der Waals surface area contributed by atoms with Crippen LogP contribution in [-0.4, -0.2) is 48.4 Å². The molecule has 2 amide bonds. The Balaban J connectivity index is 1.48. The van der Waals surface area contributed by atoms with Crippen molar-refractivity contribution in [2.24, 2.45) is 11.8 Å². The van der Waals surface area contributed by atoms with E-state index in [2.05, 4.69) is 34.6 Å². The van der Waals surface area contributed by atoms with E-state index in [0.29, 0.717) is 32.5 Å². The number of nitrogens with one attached hydrogen (secondary N) is 2. The second kappa shape index (κ2) is 10.1. The van der Waals surface area contributed by atoms with Gasteiger partial charge in [0, 0.05) is 54.5 Å². The van der Waals surface area contributed by atoms with Gasteiger partial charge in [0.25, 0.3) is 0 Å². The molecule has 2 heterocycles. The first-order valence-electron chi connectivity index (χ1n) is 11.7. The molecule has 0 radical (unpaired) electrons. The molecule has 1 aliphatic rings. The maximum absolute atomic E-state index is 13.0. The maximum Gasteiger partial charge on any atom is 0.225 e. The number of rotatable bonds is 7. The summed E-state index contributed by atoms with van der Waals surface area (Å²) in [4.78, 5) is 30.5. The van der Waals surface area contributed by atoms with Gasteiger partial charge in [-0.15, -0.1) is 0 Å². The lowest BCUT2D eigenvalue weighted by molar-refractivity contribution is -0.138. The molecule has 0 aliphatic carbocycles. The van der Waals surface area contributed by atoms with E-state index in [0.717, 1.165) is 27.8 Å². The minimum Gasteiger partial charge on any atom is -0.497 e. The van der Waals surface area contributed by atoms with Crippen LogP contribution in [0.25, 0.3) is 10.9 Å². The standard InChI is InChI=1S/C27H33N3O3/c1-18(2)27(32)30-14-12-20(13-15-30)26(31)29-16-23(19-8-10-21(33-3)11-9-19)24-17-28-25-7-5-4-6-22(24)25/h4-11,17-18,20,23,28H,12-16H2,1-3H3,(H,29,31). The number of piperidine rings is 1. The molecule has 0 saturated carbocycles. The first-order valence-corrected chi connectivity index (χ1v) is 11.7. The number of methoxy groups -OCH3 is 1. The zero-order chi connectivity index (χ0) is 23.4. The number of fused-ring (bicyclic) bond motifs is 1. The van der Waals surface area contributed by atoms with Crippen molar-refractivity contribution in [3.8, 4) is 5.75 Å². The highest BCUT2D eigenvalue weighted by molar-refractivity contribution is 5.85. The zero-order valence-electron chi connectivity index (χ0n) is 19.6. The topological polar surface area (TPSA) is 74.4 Å². The van der Waals surface area contributed by atoms with Gasteiger partial charge in [-0.3, -0.25) is 9.59 Å². The molecule has 1 fully saturated rings. The largest absolute Gasteiger partial charge is 0.497 e. The minimum atomic E-state index is -0.0549. The number of amides is 2. The summed E-state index contributed by atoms with van der Waals surface area (Å²) in [5.41, 5.74) is 3.37. The first-order chi connectivity index (χ1) is 16.0. The van der Waals surface area contributed by atoms with Gasteiger partial charge in [0.2, 0.25) is 11.8 Å². The summed E-state index contributed by atoms with van der Waals surface area (Å²) >= 11 is 0. The van der Waals surface area contributed by atoms with E-state index >= 15 is 0 Å². The lowest BCUT2D eigenvalue weighted by Gasteiger charge is -2.32. The number of benzene rings is 2. The van der Waals surface area contributed by atoms with Gasteiger partial charge in [0.1, 0.15) is 5.75 Å². The normalized spacial score (nSPS) is 15.6. The molecule has 6 nitrogen and oxygen atoms in total. The number of aromatic amines is 1. The number of nitrogens with zero attached hydrogens (tertiary/aromatic N) is 1. The zero-order valence-corrected chi connectivity index (χ0v) is 19.6. The van der Waals surface area contributed by atoms with Crippen LogP contribution in [0.2, 0.25) is 0 Å². The van der Waals surface area contributed by atoms with E-state index in [-0.39, 0.29) is 29.6 Å². The monoisotopic (exact) mass is 447 g/mol. The van der Waals surface area contributed by atoms with E-state index in [1.54, 1.807) is 7.11 Å². The van der Waals surface area contributed by atoms with Crippen molar-refractivity contribution in [2.45, 2.75) is 32.6 Å². The second-order valence-corrected chi connectivity index (χ2v) is 9.11. The fourth-order valence-corrected chi connectivity index (χ4v) is 4.70. The van der Waals surface area contributed by atoms with Gasteiger partial charge < -0.3 is 19.9 Å². The van der Waals surface area contributed by atoms with Crippen molar-refractivity contribution < 1.29 is 14.3 Å². The van der Waals surface area contributed by atoms with Crippen molar-refractivity contribution in [2.75, 3.05) is 26.7 Å². The molecule has 1 unspecified atom stereocenters. The Morgan fingerprint density at radius 3 is 2.45 bits per heavy atom. The van der Waals surface area contributed by atoms with Crippen molar-refractivity contribution in [1.29, 1.82) is 0 Å². The molecule has 1 aliphatic heterocycles. The predicted molar refractivity (Wildman–Crippen MR) is 130 cm³/mol. The highest BCUT2D eigenvalue weighted by Gasteiger charge is 2.29. The van der Waals surface area contributed by atoms with Crippen LogP contribution in [0.1, 0.15) is 43.7 Å². The average molecular weight is 448 g/mol. The summed E-state index contributed by atoms with van der Waals surface area (Å²) in [5.74, 6) is 1.01. The van der Waals surface area contributed by atoms with E-state index in [1.165, 1.54) is 0 Å². The van der Waals surface area contributed by atoms with Gasteiger partial charge in [-0.25, -0.2) is 0 Å². The molecule has 2 N–H and O–H groups in total. The quantitative estimate of drug-likeness (QED) is 0.567. The molecule has 174 valence electrons. The predicted octanol–water partition coefficient (Wildman–Crippen LogP) is 4.32. The lowest BCUT2D eigenvalue weighted by Crippen LogP contribution is -2.44. The number of carbonyl (C=O) groups excluding carboxylic acids is 2. The van der Waals surface area contributed by atoms with E-state index in [9.17, 15) is 9.59 Å². The van der Waals surface area contributed by atoms with Crippen molar-refractivity contribution >= 4 is 22.7 Å². The third kappa shape index (κ3) is 5.05. The third-order valence-corrected chi connectivity index (χ3v) is 6.67. The molecule has 4 rings (SSSR count). The smallest absolute Gasteiger partial charge is 0.225 e. The summed E-state index contributed by atoms with van der Waals surface area (Å²) < 4.78 is 5.32. The molecule has 0 bridgehead atoms. The number of carbonyl (C=O) groups is 2. The molecule has 2 aromatic carbocycles. The molecule has 33 heavy (non-hydrogen) atoms. The fraction of sp³-hybridized carbons (Fsp3) is 0.407. The highest BCUT2D eigenvalue weighted by atomic mass is 16.5. The molecule has 1 aromatic heterocycles. The molecular weight excluding hydrogens is 414 g/mol. The SMILES string of the molecule is COc1ccc(C(CNC(=O)C2CCN(C(=O)C(C)C)CC2)c2c[nH]c3ccccc23)cc1. The Morgan fingerprint density at radius 2 is 1.79 bits per heavy atom. The summed E-state index contributed by atoms with van der Waals surface area (Å²) in [7, 11) is 1.66. The van der Waals surface area contributed by atoms with Gasteiger partial charge in [-0.05, 0) is 42.2 Å². The maximum atomic E-state index is 13.0. The van der Waals surface area contributed by atoms with Gasteiger partial charge >= 0.3 is 0 Å². The van der Waals surface area contributed by atoms with Crippen LogP contribution in [0, 0.1) is 11.8 Å². The average Bonchev–Trinajstić information content (AvgIpc) is 3.28. The Morgan fingerprint density at radius 1 is 1.09 bits per heavy atom. The molecular formula is C27H33N3O3. The highest BCUT2D eigenvalue weighted by Crippen LogP contribution is 2.31. The van der Waals surface area contributed by atoms with E-state index < -0.39 is 0 Å². The Labute approximate surface area is 195 Å². The summed E-state index contributed by atoms with van der Waals surface area (Å²) in [5, 5.41) is 4.37. The number of ether oxygens (including phenoxy) is 1. The fourth-order valence-electron chi connectivity index (χ4n) is 4.70. The van der Waals surface area contributed by atoms with Gasteiger partial charge in [0.05, 0.1) is 7.11 Å². The van der Waals surface area contributed by atoms with Crippen LogP contribution in [0.5, 0.6) is 5.75 Å². The molecule has 6 heteroatoms. The number of hydrogen-bond donors (Lipinski definition) is 2. The van der Waals surface area contributed by atoms with Crippen LogP contribution in [0.3, 0.4) is 0 Å². The number of hydrogen-bond acceptors (Lipinski definition) is 3. The van der Waals surface area contributed by atoms with Gasteiger partial charge in [0.15, 0.2) is 0 Å². The van der Waals surface area contributed by atoms with Gasteiger partial charge in [-0.1, -0.05) is 44.2 Å². The summed E-state index contributed by atoms with van der Waals surface area (Å²) in [6.45, 7) is 5.66. The summed E-state index contributed by atoms with van der Waals surface area (Å²) in [6.07, 6.45) is 3.47. The lowest BCUT2D eigenvalue weighted by atomic mass is 9.90. The Hall–Kier alpha value is -3.28. The number of likely N-dealkylation sites (tertiary alicyclic amines) is 1. The van der Waals surface area contributed by atoms with Crippen LogP contribution in [0.4, 0.5) is 0 Å². The molecule has 1 atom stereocenters. The first kappa shape index (κ1) is 22.9. The molecule has 3 aromatic rings. The third-order valence-electron chi connectivity index (χ3n) is 6.67. The number of para-hydroxylation sites is 1. The number of H-pyrrole nitrogens is 1. The summed E-state index contributed by atoms with van der Waals surface area (Å²) in [6, 6.07) is 16.3. The van der Waals surface area contributed by atoms with Crippen LogP contribution >= 0.6 is 0 Å².